The summed E-state index contributed by atoms with van der Waals surface area (Å²) in [5.74, 6) is -0.670. The van der Waals surface area contributed by atoms with Crippen LogP contribution >= 0.6 is 0 Å². The smallest absolute Gasteiger partial charge is 0.257 e. The number of hydrogen-bond donors (Lipinski definition) is 1. The molecule has 0 unspecified atom stereocenters. The van der Waals surface area contributed by atoms with Crippen molar-refractivity contribution >= 4 is 23.3 Å². The molecule has 1 N–H and O–H groups in total. The van der Waals surface area contributed by atoms with Crippen LogP contribution in [-0.4, -0.2) is 52.4 Å². The monoisotopic (exact) mass is 556 g/mol. The van der Waals surface area contributed by atoms with Crippen molar-refractivity contribution in [2.24, 2.45) is 5.41 Å². The third-order valence-corrected chi connectivity index (χ3v) is 6.81. The van der Waals surface area contributed by atoms with Crippen LogP contribution < -0.4 is 5.32 Å². The largest absolute Gasteiger partial charge is 0.333 e. The third-order valence-electron chi connectivity index (χ3n) is 6.81. The summed E-state index contributed by atoms with van der Waals surface area (Å²) in [6.45, 7) is 7.03. The standard InChI is InChI=1S/C29H26F2N8O2/c1-29(2,3)28(41)37-12-13-38-24(16-37)35-25(17-4-6-19(30)7-5-17)26(38)20-8-9-23-33-22(15-39(23)36-20)34-27(40)18-10-11-32-21(31)14-18/h4-11,14-15H,12-13,16H2,1-3H3,(H,34,40). The van der Waals surface area contributed by atoms with Crippen molar-refractivity contribution in [3.8, 4) is 22.6 Å². The summed E-state index contributed by atoms with van der Waals surface area (Å²) in [4.78, 5) is 40.1. The molecule has 12 heteroatoms. The van der Waals surface area contributed by atoms with E-state index in [1.54, 1.807) is 35.4 Å². The molecule has 2 amide bonds. The van der Waals surface area contributed by atoms with E-state index in [1.165, 1.54) is 28.9 Å². The molecule has 1 aliphatic rings. The van der Waals surface area contributed by atoms with Crippen LogP contribution in [0.15, 0.2) is 60.9 Å². The van der Waals surface area contributed by atoms with Crippen molar-refractivity contribution in [1.82, 2.24) is 34.0 Å². The Morgan fingerprint density at radius 1 is 0.976 bits per heavy atom. The maximum atomic E-state index is 13.8. The van der Waals surface area contributed by atoms with Crippen LogP contribution in [0, 0.1) is 17.2 Å². The highest BCUT2D eigenvalue weighted by molar-refractivity contribution is 6.03. The minimum atomic E-state index is -0.758. The van der Waals surface area contributed by atoms with Crippen LogP contribution in [-0.2, 0) is 17.9 Å². The van der Waals surface area contributed by atoms with Crippen molar-refractivity contribution in [1.29, 1.82) is 0 Å². The van der Waals surface area contributed by atoms with Gasteiger partial charge in [0.1, 0.15) is 17.3 Å². The lowest BCUT2D eigenvalue weighted by Gasteiger charge is -2.33. The van der Waals surface area contributed by atoms with E-state index in [0.29, 0.717) is 48.1 Å². The number of anilines is 1. The molecule has 6 rings (SSSR count). The molecule has 1 aromatic carbocycles. The van der Waals surface area contributed by atoms with E-state index in [2.05, 4.69) is 15.3 Å². The van der Waals surface area contributed by atoms with Gasteiger partial charge in [-0.3, -0.25) is 9.59 Å². The van der Waals surface area contributed by atoms with Gasteiger partial charge < -0.3 is 14.8 Å². The molecule has 5 heterocycles. The van der Waals surface area contributed by atoms with E-state index in [4.69, 9.17) is 10.1 Å². The number of carbonyl (C=O) groups is 2. The first-order valence-electron chi connectivity index (χ1n) is 13.0. The zero-order valence-corrected chi connectivity index (χ0v) is 22.6. The van der Waals surface area contributed by atoms with Crippen molar-refractivity contribution in [3.63, 3.8) is 0 Å². The molecule has 208 valence electrons. The Kier molecular flexibility index (Phi) is 6.32. The number of carbonyl (C=O) groups excluding carboxylic acids is 2. The van der Waals surface area contributed by atoms with Crippen molar-refractivity contribution in [3.05, 3.63) is 84.1 Å². The van der Waals surface area contributed by atoms with Gasteiger partial charge in [-0.1, -0.05) is 20.8 Å². The number of fused-ring (bicyclic) bond motifs is 2. The van der Waals surface area contributed by atoms with E-state index in [1.807, 2.05) is 25.3 Å². The molecule has 0 bridgehead atoms. The highest BCUT2D eigenvalue weighted by Crippen LogP contribution is 2.34. The fraction of sp³-hybridized carbons (Fsp3) is 0.241. The van der Waals surface area contributed by atoms with E-state index >= 15 is 0 Å². The van der Waals surface area contributed by atoms with Crippen LogP contribution in [0.3, 0.4) is 0 Å². The molecule has 0 spiro atoms. The van der Waals surface area contributed by atoms with Crippen LogP contribution in [0.4, 0.5) is 14.6 Å². The number of benzene rings is 1. The maximum Gasteiger partial charge on any atom is 0.257 e. The van der Waals surface area contributed by atoms with Crippen molar-refractivity contribution in [2.45, 2.75) is 33.9 Å². The summed E-state index contributed by atoms with van der Waals surface area (Å²) in [5, 5.41) is 7.41. The molecule has 41 heavy (non-hydrogen) atoms. The number of nitrogens with one attached hydrogen (secondary N) is 1. The number of rotatable bonds is 4. The lowest BCUT2D eigenvalue weighted by molar-refractivity contribution is -0.141. The molecule has 0 saturated carbocycles. The van der Waals surface area contributed by atoms with Gasteiger partial charge in [-0.15, -0.1) is 0 Å². The van der Waals surface area contributed by atoms with Gasteiger partial charge in [0.05, 0.1) is 24.1 Å². The molecular weight excluding hydrogens is 530 g/mol. The average Bonchev–Trinajstić information content (AvgIpc) is 3.52. The first kappa shape index (κ1) is 26.2. The second kappa shape index (κ2) is 9.88. The Hall–Kier alpha value is -5.00. The lowest BCUT2D eigenvalue weighted by atomic mass is 9.94. The van der Waals surface area contributed by atoms with Gasteiger partial charge in [0, 0.05) is 41.9 Å². The lowest BCUT2D eigenvalue weighted by Crippen LogP contribution is -2.44. The summed E-state index contributed by atoms with van der Waals surface area (Å²) < 4.78 is 30.8. The molecule has 5 aromatic rings. The van der Waals surface area contributed by atoms with Gasteiger partial charge in [-0.25, -0.2) is 23.9 Å². The summed E-state index contributed by atoms with van der Waals surface area (Å²) >= 11 is 0. The van der Waals surface area contributed by atoms with Gasteiger partial charge in [0.15, 0.2) is 11.5 Å². The quantitative estimate of drug-likeness (QED) is 0.325. The van der Waals surface area contributed by atoms with Gasteiger partial charge in [-0.05, 0) is 42.5 Å². The predicted molar refractivity (Wildman–Crippen MR) is 147 cm³/mol. The number of imidazole rings is 2. The fourth-order valence-corrected chi connectivity index (χ4v) is 4.85. The number of pyridine rings is 1. The van der Waals surface area contributed by atoms with E-state index < -0.39 is 17.3 Å². The summed E-state index contributed by atoms with van der Waals surface area (Å²) in [6.07, 6.45) is 2.77. The van der Waals surface area contributed by atoms with Gasteiger partial charge >= 0.3 is 0 Å². The van der Waals surface area contributed by atoms with Gasteiger partial charge in [0.25, 0.3) is 5.91 Å². The first-order chi connectivity index (χ1) is 19.6. The summed E-state index contributed by atoms with van der Waals surface area (Å²) in [7, 11) is 0. The number of nitrogens with zero attached hydrogens (tertiary/aromatic N) is 7. The topological polar surface area (TPSA) is 110 Å². The highest BCUT2D eigenvalue weighted by atomic mass is 19.1. The fourth-order valence-electron chi connectivity index (χ4n) is 4.85. The van der Waals surface area contributed by atoms with E-state index in [9.17, 15) is 18.4 Å². The summed E-state index contributed by atoms with van der Waals surface area (Å²) in [5.41, 5.74) is 2.70. The number of hydrogen-bond acceptors (Lipinski definition) is 6. The molecule has 4 aromatic heterocycles. The molecule has 0 fully saturated rings. The molecule has 1 aliphatic heterocycles. The van der Waals surface area contributed by atoms with Crippen LogP contribution in [0.2, 0.25) is 0 Å². The second-order valence-electron chi connectivity index (χ2n) is 10.8. The summed E-state index contributed by atoms with van der Waals surface area (Å²) in [6, 6.07) is 12.1. The maximum absolute atomic E-state index is 13.8. The third kappa shape index (κ3) is 5.04. The molecule has 0 saturated heterocycles. The highest BCUT2D eigenvalue weighted by Gasteiger charge is 2.32. The van der Waals surface area contributed by atoms with Crippen LogP contribution in [0.25, 0.3) is 28.3 Å². The minimum Gasteiger partial charge on any atom is -0.333 e. The van der Waals surface area contributed by atoms with Crippen LogP contribution in [0.5, 0.6) is 0 Å². The van der Waals surface area contributed by atoms with Crippen molar-refractivity contribution in [2.75, 3.05) is 11.9 Å². The number of aromatic nitrogens is 6. The molecule has 0 radical (unpaired) electrons. The number of amides is 2. The van der Waals surface area contributed by atoms with Crippen molar-refractivity contribution < 1.29 is 18.4 Å². The van der Waals surface area contributed by atoms with E-state index in [-0.39, 0.29) is 23.1 Å². The van der Waals surface area contributed by atoms with Gasteiger partial charge in [-0.2, -0.15) is 9.49 Å². The van der Waals surface area contributed by atoms with Gasteiger partial charge in [0.2, 0.25) is 11.9 Å². The minimum absolute atomic E-state index is 0.0404. The molecule has 0 atom stereocenters. The second-order valence-corrected chi connectivity index (χ2v) is 10.8. The Morgan fingerprint density at radius 3 is 2.49 bits per heavy atom. The Morgan fingerprint density at radius 2 is 1.76 bits per heavy atom. The molecule has 10 nitrogen and oxygen atoms in total. The number of halogens is 2. The average molecular weight is 557 g/mol. The zero-order chi connectivity index (χ0) is 28.9. The Balaban J connectivity index is 1.38. The first-order valence-corrected chi connectivity index (χ1v) is 13.0. The predicted octanol–water partition coefficient (Wildman–Crippen LogP) is 4.57. The Labute approximate surface area is 233 Å². The SMILES string of the molecule is CC(C)(C)C(=O)N1CCn2c(nc(-c3ccc(F)cc3)c2-c2ccc3nc(NC(=O)c4ccnc(F)c4)cn3n2)C1. The van der Waals surface area contributed by atoms with E-state index in [0.717, 1.165) is 11.8 Å². The molecular formula is C29H26F2N8O2. The van der Waals surface area contributed by atoms with Crippen LogP contribution in [0.1, 0.15) is 37.0 Å². The molecule has 0 aliphatic carbocycles. The Bertz CT molecular complexity index is 1800. The zero-order valence-electron chi connectivity index (χ0n) is 22.6. The normalized spacial score (nSPS) is 13.3.